The second-order valence-corrected chi connectivity index (χ2v) is 3.26. The van der Waals surface area contributed by atoms with Crippen LogP contribution in [0, 0.1) is 0 Å². The van der Waals surface area contributed by atoms with E-state index in [4.69, 9.17) is 10.2 Å². The van der Waals surface area contributed by atoms with E-state index in [1.54, 1.807) is 0 Å². The third kappa shape index (κ3) is 3.23. The molecule has 0 heterocycles. The minimum absolute atomic E-state index is 0.0450. The largest absolute Gasteiger partial charge is 0.504 e. The van der Waals surface area contributed by atoms with Crippen LogP contribution in [0.25, 0.3) is 6.08 Å². The van der Waals surface area contributed by atoms with Crippen molar-refractivity contribution in [3.8, 4) is 11.5 Å². The van der Waals surface area contributed by atoms with Crippen LogP contribution in [-0.4, -0.2) is 32.4 Å². The lowest BCUT2D eigenvalue weighted by Crippen LogP contribution is -2.06. The predicted molar refractivity (Wildman–Crippen MR) is 57.6 cm³/mol. The second kappa shape index (κ2) is 5.02. The van der Waals surface area contributed by atoms with Crippen LogP contribution >= 0.6 is 0 Å². The first-order chi connectivity index (χ1) is 7.91. The van der Waals surface area contributed by atoms with E-state index in [-0.39, 0.29) is 5.56 Å². The first kappa shape index (κ1) is 12.6. The van der Waals surface area contributed by atoms with E-state index in [1.165, 1.54) is 18.2 Å². The number of carboxylic acids is 2. The maximum absolute atomic E-state index is 10.8. The number of rotatable bonds is 4. The molecule has 1 rings (SSSR count). The monoisotopic (exact) mass is 238 g/mol. The summed E-state index contributed by atoms with van der Waals surface area (Å²) in [4.78, 5) is 21.2. The van der Waals surface area contributed by atoms with Gasteiger partial charge in [0.15, 0.2) is 11.5 Å². The SMILES string of the molecule is O=C(O)CC(=Cc1cccc(O)c1O)C(=O)O. The first-order valence-electron chi connectivity index (χ1n) is 4.58. The zero-order valence-corrected chi connectivity index (χ0v) is 8.62. The van der Waals surface area contributed by atoms with Crippen molar-refractivity contribution < 1.29 is 30.0 Å². The van der Waals surface area contributed by atoms with Gasteiger partial charge in [0.25, 0.3) is 0 Å². The molecule has 0 saturated heterocycles. The van der Waals surface area contributed by atoms with E-state index in [0.717, 1.165) is 6.08 Å². The predicted octanol–water partition coefficient (Wildman–Crippen LogP) is 1.04. The summed E-state index contributed by atoms with van der Waals surface area (Å²) in [5, 5.41) is 35.9. The minimum atomic E-state index is -1.39. The van der Waals surface area contributed by atoms with Crippen molar-refractivity contribution in [3.05, 3.63) is 29.3 Å². The summed E-state index contributed by atoms with van der Waals surface area (Å²) in [5.74, 6) is -3.58. The average molecular weight is 238 g/mol. The van der Waals surface area contributed by atoms with Crippen molar-refractivity contribution >= 4 is 18.0 Å². The summed E-state index contributed by atoms with van der Waals surface area (Å²) in [7, 11) is 0. The molecule has 1 aromatic rings. The summed E-state index contributed by atoms with van der Waals surface area (Å²) in [5.41, 5.74) is -0.345. The van der Waals surface area contributed by atoms with Gasteiger partial charge in [-0.1, -0.05) is 12.1 Å². The number of hydrogen-bond acceptors (Lipinski definition) is 4. The molecule has 17 heavy (non-hydrogen) atoms. The van der Waals surface area contributed by atoms with Crippen LogP contribution < -0.4 is 0 Å². The highest BCUT2D eigenvalue weighted by Crippen LogP contribution is 2.30. The quantitative estimate of drug-likeness (QED) is 0.460. The van der Waals surface area contributed by atoms with Crippen molar-refractivity contribution in [3.63, 3.8) is 0 Å². The standard InChI is InChI=1S/C11H10O6/c12-8-3-1-2-6(10(8)15)4-7(11(16)17)5-9(13)14/h1-4,12,15H,5H2,(H,13,14)(H,16,17). The molecule has 0 unspecified atom stereocenters. The highest BCUT2D eigenvalue weighted by atomic mass is 16.4. The molecule has 0 aromatic heterocycles. The Hall–Kier alpha value is -2.50. The molecule has 0 saturated carbocycles. The van der Waals surface area contributed by atoms with Gasteiger partial charge in [-0.05, 0) is 12.1 Å². The Bertz CT molecular complexity index is 489. The van der Waals surface area contributed by atoms with Gasteiger partial charge in [0.1, 0.15) is 0 Å². The number of hydrogen-bond donors (Lipinski definition) is 4. The Kier molecular flexibility index (Phi) is 3.71. The highest BCUT2D eigenvalue weighted by molar-refractivity contribution is 5.97. The molecule has 6 heteroatoms. The summed E-state index contributed by atoms with van der Waals surface area (Å²) >= 11 is 0. The number of benzene rings is 1. The molecule has 0 amide bonds. The molecule has 0 bridgehead atoms. The molecule has 0 radical (unpaired) electrons. The number of phenolic OH excluding ortho intramolecular Hbond substituents is 2. The number of para-hydroxylation sites is 1. The zero-order chi connectivity index (χ0) is 13.0. The number of phenols is 2. The topological polar surface area (TPSA) is 115 Å². The fraction of sp³-hybridized carbons (Fsp3) is 0.0909. The van der Waals surface area contributed by atoms with Crippen LogP contribution in [0.5, 0.6) is 11.5 Å². The van der Waals surface area contributed by atoms with Gasteiger partial charge in [-0.15, -0.1) is 0 Å². The normalized spacial score (nSPS) is 11.2. The molecule has 0 fully saturated rings. The molecule has 6 nitrogen and oxygen atoms in total. The molecular weight excluding hydrogens is 228 g/mol. The van der Waals surface area contributed by atoms with Gasteiger partial charge in [0.05, 0.1) is 6.42 Å². The summed E-state index contributed by atoms with van der Waals surface area (Å²) in [6.07, 6.45) is 0.329. The van der Waals surface area contributed by atoms with Gasteiger partial charge < -0.3 is 20.4 Å². The van der Waals surface area contributed by atoms with E-state index in [1.807, 2.05) is 0 Å². The van der Waals surface area contributed by atoms with Crippen LogP contribution in [0.2, 0.25) is 0 Å². The van der Waals surface area contributed by atoms with Gasteiger partial charge >= 0.3 is 11.9 Å². The molecule has 0 aliphatic rings. The van der Waals surface area contributed by atoms with E-state index in [9.17, 15) is 19.8 Å². The van der Waals surface area contributed by atoms with Crippen LogP contribution in [0.3, 0.4) is 0 Å². The van der Waals surface area contributed by atoms with E-state index in [2.05, 4.69) is 0 Å². The number of carboxylic acid groups (broad SMARTS) is 2. The maximum Gasteiger partial charge on any atom is 0.332 e. The zero-order valence-electron chi connectivity index (χ0n) is 8.62. The van der Waals surface area contributed by atoms with Crippen molar-refractivity contribution in [2.75, 3.05) is 0 Å². The lowest BCUT2D eigenvalue weighted by Gasteiger charge is -2.03. The van der Waals surface area contributed by atoms with Crippen molar-refractivity contribution in [2.45, 2.75) is 6.42 Å². The molecular formula is C11H10O6. The lowest BCUT2D eigenvalue weighted by molar-refractivity contribution is -0.139. The van der Waals surface area contributed by atoms with Crippen LogP contribution in [-0.2, 0) is 9.59 Å². The Morgan fingerprint density at radius 3 is 2.35 bits per heavy atom. The van der Waals surface area contributed by atoms with Gasteiger partial charge in [-0.3, -0.25) is 4.79 Å². The van der Waals surface area contributed by atoms with Crippen LogP contribution in [0.15, 0.2) is 23.8 Å². The van der Waals surface area contributed by atoms with E-state index < -0.39 is 35.4 Å². The van der Waals surface area contributed by atoms with Crippen molar-refractivity contribution in [1.82, 2.24) is 0 Å². The first-order valence-corrected chi connectivity index (χ1v) is 4.58. The van der Waals surface area contributed by atoms with E-state index >= 15 is 0 Å². The number of carbonyl (C=O) groups is 2. The number of aromatic hydroxyl groups is 2. The molecule has 1 aromatic carbocycles. The second-order valence-electron chi connectivity index (χ2n) is 3.26. The smallest absolute Gasteiger partial charge is 0.332 e. The Morgan fingerprint density at radius 1 is 1.18 bits per heavy atom. The molecule has 0 atom stereocenters. The van der Waals surface area contributed by atoms with Crippen LogP contribution in [0.4, 0.5) is 0 Å². The van der Waals surface area contributed by atoms with E-state index in [0.29, 0.717) is 0 Å². The van der Waals surface area contributed by atoms with Gasteiger partial charge in [0.2, 0.25) is 0 Å². The number of aliphatic carboxylic acids is 2. The molecule has 90 valence electrons. The minimum Gasteiger partial charge on any atom is -0.504 e. The van der Waals surface area contributed by atoms with Gasteiger partial charge in [-0.25, -0.2) is 4.79 Å². The summed E-state index contributed by atoms with van der Waals surface area (Å²) in [6.45, 7) is 0. The Labute approximate surface area is 96.1 Å². The molecule has 0 aliphatic heterocycles. The third-order valence-corrected chi connectivity index (χ3v) is 1.99. The summed E-state index contributed by atoms with van der Waals surface area (Å²) < 4.78 is 0. The van der Waals surface area contributed by atoms with Crippen molar-refractivity contribution in [1.29, 1.82) is 0 Å². The average Bonchev–Trinajstić information content (AvgIpc) is 2.22. The molecule has 4 N–H and O–H groups in total. The Balaban J connectivity index is 3.17. The lowest BCUT2D eigenvalue weighted by atomic mass is 10.1. The fourth-order valence-electron chi connectivity index (χ4n) is 1.20. The Morgan fingerprint density at radius 2 is 1.82 bits per heavy atom. The highest BCUT2D eigenvalue weighted by Gasteiger charge is 2.13. The fourth-order valence-corrected chi connectivity index (χ4v) is 1.20. The molecule has 0 spiro atoms. The maximum atomic E-state index is 10.8. The van der Waals surface area contributed by atoms with Crippen molar-refractivity contribution in [2.24, 2.45) is 0 Å². The summed E-state index contributed by atoms with van der Waals surface area (Å²) in [6, 6.07) is 3.99. The molecule has 0 aliphatic carbocycles. The van der Waals surface area contributed by atoms with Gasteiger partial charge in [0, 0.05) is 11.1 Å². The van der Waals surface area contributed by atoms with Gasteiger partial charge in [-0.2, -0.15) is 0 Å². The van der Waals surface area contributed by atoms with Crippen LogP contribution in [0.1, 0.15) is 12.0 Å². The third-order valence-electron chi connectivity index (χ3n) is 1.99.